The van der Waals surface area contributed by atoms with Crippen molar-refractivity contribution in [2.45, 2.75) is 19.1 Å². The van der Waals surface area contributed by atoms with Crippen LogP contribution in [-0.4, -0.2) is 29.9 Å². The van der Waals surface area contributed by atoms with Crippen molar-refractivity contribution in [1.82, 2.24) is 9.55 Å². The van der Waals surface area contributed by atoms with Crippen LogP contribution in [0.25, 0.3) is 5.69 Å². The predicted octanol–water partition coefficient (Wildman–Crippen LogP) is 2.05. The van der Waals surface area contributed by atoms with E-state index in [4.69, 9.17) is 15.2 Å². The van der Waals surface area contributed by atoms with E-state index in [0.717, 1.165) is 36.6 Å². The number of hydrogen-bond acceptors (Lipinski definition) is 4. The molecule has 2 heterocycles. The van der Waals surface area contributed by atoms with E-state index in [-0.39, 0.29) is 6.04 Å². The molecule has 0 amide bonds. The topological polar surface area (TPSA) is 62.3 Å². The predicted molar refractivity (Wildman–Crippen MR) is 80.1 cm³/mol. The molecule has 5 heteroatoms. The fraction of sp³-hybridized carbons (Fsp3) is 0.438. The molecule has 0 saturated carbocycles. The fourth-order valence-electron chi connectivity index (χ4n) is 2.85. The van der Waals surface area contributed by atoms with Gasteiger partial charge in [-0.05, 0) is 12.5 Å². The molecule has 2 N–H and O–H groups in total. The molecule has 1 aromatic heterocycles. The first kappa shape index (κ1) is 14.3. The molecule has 1 fully saturated rings. The number of benzene rings is 1. The van der Waals surface area contributed by atoms with Gasteiger partial charge in [-0.3, -0.25) is 0 Å². The van der Waals surface area contributed by atoms with E-state index in [0.29, 0.717) is 12.5 Å². The Morgan fingerprint density at radius 3 is 3.10 bits per heavy atom. The molecular weight excluding hydrogens is 266 g/mol. The van der Waals surface area contributed by atoms with Gasteiger partial charge in [0.15, 0.2) is 0 Å². The van der Waals surface area contributed by atoms with Gasteiger partial charge in [0.25, 0.3) is 0 Å². The second kappa shape index (κ2) is 6.39. The zero-order valence-corrected chi connectivity index (χ0v) is 12.2. The van der Waals surface area contributed by atoms with Gasteiger partial charge in [-0.15, -0.1) is 0 Å². The summed E-state index contributed by atoms with van der Waals surface area (Å²) in [7, 11) is 1.70. The highest BCUT2D eigenvalue weighted by atomic mass is 16.5. The maximum Gasteiger partial charge on any atom is 0.0994 e. The van der Waals surface area contributed by atoms with Gasteiger partial charge in [-0.2, -0.15) is 0 Å². The Balaban J connectivity index is 1.95. The highest BCUT2D eigenvalue weighted by molar-refractivity contribution is 5.42. The van der Waals surface area contributed by atoms with E-state index in [2.05, 4.69) is 21.7 Å². The number of nitrogens with two attached hydrogens (primary N) is 1. The average molecular weight is 287 g/mol. The number of rotatable bonds is 5. The van der Waals surface area contributed by atoms with Crippen LogP contribution in [0, 0.1) is 5.92 Å². The lowest BCUT2D eigenvalue weighted by molar-refractivity contribution is 0.180. The Morgan fingerprint density at radius 1 is 1.48 bits per heavy atom. The Morgan fingerprint density at radius 2 is 2.33 bits per heavy atom. The lowest BCUT2D eigenvalue weighted by atomic mass is 9.97. The molecule has 5 nitrogen and oxygen atoms in total. The molecule has 2 unspecified atom stereocenters. The Kier molecular flexibility index (Phi) is 4.34. The molecule has 0 aliphatic carbocycles. The third kappa shape index (κ3) is 2.85. The SMILES string of the molecule is COCc1ccccc1-n1cncc1C(N)C1CCOC1. The summed E-state index contributed by atoms with van der Waals surface area (Å²) in [6.45, 7) is 2.09. The van der Waals surface area contributed by atoms with E-state index >= 15 is 0 Å². The molecule has 112 valence electrons. The first-order chi connectivity index (χ1) is 10.3. The highest BCUT2D eigenvalue weighted by Crippen LogP contribution is 2.28. The van der Waals surface area contributed by atoms with Crippen LogP contribution in [0.15, 0.2) is 36.8 Å². The first-order valence-corrected chi connectivity index (χ1v) is 7.24. The number of imidazole rings is 1. The van der Waals surface area contributed by atoms with E-state index in [9.17, 15) is 0 Å². The van der Waals surface area contributed by atoms with Gasteiger partial charge in [0, 0.05) is 25.2 Å². The number of hydrogen-bond donors (Lipinski definition) is 1. The molecule has 1 saturated heterocycles. The van der Waals surface area contributed by atoms with Gasteiger partial charge in [0.05, 0.1) is 43.2 Å². The smallest absolute Gasteiger partial charge is 0.0994 e. The van der Waals surface area contributed by atoms with Gasteiger partial charge >= 0.3 is 0 Å². The largest absolute Gasteiger partial charge is 0.381 e. The van der Waals surface area contributed by atoms with Crippen LogP contribution in [0.2, 0.25) is 0 Å². The molecule has 2 aromatic rings. The summed E-state index contributed by atoms with van der Waals surface area (Å²) in [5.41, 5.74) is 9.65. The first-order valence-electron chi connectivity index (χ1n) is 7.24. The molecule has 0 bridgehead atoms. The number of para-hydroxylation sites is 1. The molecular formula is C16H21N3O2. The fourth-order valence-corrected chi connectivity index (χ4v) is 2.85. The summed E-state index contributed by atoms with van der Waals surface area (Å²) in [5, 5.41) is 0. The van der Waals surface area contributed by atoms with Gasteiger partial charge in [-0.1, -0.05) is 18.2 Å². The Labute approximate surface area is 124 Å². The lowest BCUT2D eigenvalue weighted by Gasteiger charge is -2.20. The molecule has 3 rings (SSSR count). The van der Waals surface area contributed by atoms with Gasteiger partial charge in [0.2, 0.25) is 0 Å². The second-order valence-electron chi connectivity index (χ2n) is 5.40. The van der Waals surface area contributed by atoms with E-state index in [1.807, 2.05) is 24.7 Å². The van der Waals surface area contributed by atoms with Crippen LogP contribution in [0.1, 0.15) is 23.7 Å². The van der Waals surface area contributed by atoms with Crippen molar-refractivity contribution in [2.75, 3.05) is 20.3 Å². The zero-order chi connectivity index (χ0) is 14.7. The summed E-state index contributed by atoms with van der Waals surface area (Å²) in [6, 6.07) is 8.09. The van der Waals surface area contributed by atoms with Crippen LogP contribution < -0.4 is 5.73 Å². The van der Waals surface area contributed by atoms with Crippen LogP contribution >= 0.6 is 0 Å². The van der Waals surface area contributed by atoms with Crippen LogP contribution in [0.5, 0.6) is 0 Å². The summed E-state index contributed by atoms with van der Waals surface area (Å²) >= 11 is 0. The van der Waals surface area contributed by atoms with Crippen molar-refractivity contribution >= 4 is 0 Å². The number of methoxy groups -OCH3 is 1. The minimum absolute atomic E-state index is 0.0643. The van der Waals surface area contributed by atoms with Crippen LogP contribution in [0.4, 0.5) is 0 Å². The van der Waals surface area contributed by atoms with Gasteiger partial charge in [-0.25, -0.2) is 4.98 Å². The van der Waals surface area contributed by atoms with Crippen LogP contribution in [-0.2, 0) is 16.1 Å². The summed E-state index contributed by atoms with van der Waals surface area (Å²) in [5.74, 6) is 0.357. The second-order valence-corrected chi connectivity index (χ2v) is 5.40. The third-order valence-corrected chi connectivity index (χ3v) is 4.03. The molecule has 0 radical (unpaired) electrons. The average Bonchev–Trinajstić information content (AvgIpc) is 3.19. The number of nitrogens with zero attached hydrogens (tertiary/aromatic N) is 2. The molecule has 0 spiro atoms. The standard InChI is InChI=1S/C16H21N3O2/c1-20-9-12-4-2-3-5-14(12)19-11-18-8-15(19)16(17)13-6-7-21-10-13/h2-5,8,11,13,16H,6-7,9-10,17H2,1H3. The zero-order valence-electron chi connectivity index (χ0n) is 12.2. The summed E-state index contributed by atoms with van der Waals surface area (Å²) in [4.78, 5) is 4.29. The molecule has 1 aromatic carbocycles. The highest BCUT2D eigenvalue weighted by Gasteiger charge is 2.26. The lowest BCUT2D eigenvalue weighted by Crippen LogP contribution is -2.24. The van der Waals surface area contributed by atoms with Crippen molar-refractivity contribution in [1.29, 1.82) is 0 Å². The Hall–Kier alpha value is -1.69. The number of ether oxygens (including phenoxy) is 2. The van der Waals surface area contributed by atoms with Crippen molar-refractivity contribution in [2.24, 2.45) is 11.7 Å². The van der Waals surface area contributed by atoms with E-state index in [1.165, 1.54) is 0 Å². The van der Waals surface area contributed by atoms with Crippen molar-refractivity contribution < 1.29 is 9.47 Å². The minimum atomic E-state index is -0.0643. The molecule has 2 atom stereocenters. The van der Waals surface area contributed by atoms with E-state index in [1.54, 1.807) is 7.11 Å². The molecule has 1 aliphatic rings. The summed E-state index contributed by atoms with van der Waals surface area (Å²) < 4.78 is 12.8. The summed E-state index contributed by atoms with van der Waals surface area (Å²) in [6.07, 6.45) is 4.68. The molecule has 21 heavy (non-hydrogen) atoms. The maximum absolute atomic E-state index is 6.43. The van der Waals surface area contributed by atoms with Crippen LogP contribution in [0.3, 0.4) is 0 Å². The quantitative estimate of drug-likeness (QED) is 0.914. The van der Waals surface area contributed by atoms with Crippen molar-refractivity contribution in [3.8, 4) is 5.69 Å². The normalized spacial score (nSPS) is 19.8. The van der Waals surface area contributed by atoms with E-state index < -0.39 is 0 Å². The van der Waals surface area contributed by atoms with Crippen molar-refractivity contribution in [3.05, 3.63) is 48.0 Å². The van der Waals surface area contributed by atoms with Crippen molar-refractivity contribution in [3.63, 3.8) is 0 Å². The third-order valence-electron chi connectivity index (χ3n) is 4.03. The van der Waals surface area contributed by atoms with Gasteiger partial charge < -0.3 is 19.8 Å². The monoisotopic (exact) mass is 287 g/mol. The maximum atomic E-state index is 6.43. The number of aromatic nitrogens is 2. The minimum Gasteiger partial charge on any atom is -0.381 e. The van der Waals surface area contributed by atoms with Gasteiger partial charge in [0.1, 0.15) is 0 Å². The molecule has 1 aliphatic heterocycles. The Bertz CT molecular complexity index is 591.